The average molecular weight is 218 g/mol. The summed E-state index contributed by atoms with van der Waals surface area (Å²) in [5.74, 6) is 0. The van der Waals surface area contributed by atoms with E-state index in [-0.39, 0.29) is 0 Å². The van der Waals surface area contributed by atoms with Crippen LogP contribution in [0, 0.1) is 6.92 Å². The molecule has 0 fully saturated rings. The Hall–Kier alpha value is -0.930. The fourth-order valence-corrected chi connectivity index (χ4v) is 3.17. The molecule has 3 rings (SSSR count). The molecule has 0 atom stereocenters. The Kier molecular flexibility index (Phi) is 2.22. The highest BCUT2D eigenvalue weighted by molar-refractivity contribution is 7.16. The molecule has 1 aliphatic heterocycles. The van der Waals surface area contributed by atoms with E-state index in [1.165, 1.54) is 27.0 Å². The fourth-order valence-electron chi connectivity index (χ4n) is 2.33. The van der Waals surface area contributed by atoms with Crippen molar-refractivity contribution in [1.29, 1.82) is 0 Å². The SMILES string of the molecule is Cc1c2c(nc3sccc13)CCNCC2. The second kappa shape index (κ2) is 3.58. The van der Waals surface area contributed by atoms with Crippen LogP contribution in [0.15, 0.2) is 11.4 Å². The van der Waals surface area contributed by atoms with Crippen LogP contribution in [-0.2, 0) is 12.8 Å². The molecular weight excluding hydrogens is 204 g/mol. The maximum atomic E-state index is 4.78. The van der Waals surface area contributed by atoms with E-state index in [1.807, 2.05) is 0 Å². The lowest BCUT2D eigenvalue weighted by Crippen LogP contribution is -2.16. The van der Waals surface area contributed by atoms with Gasteiger partial charge in [0.05, 0.1) is 0 Å². The van der Waals surface area contributed by atoms with Crippen LogP contribution in [0.4, 0.5) is 0 Å². The lowest BCUT2D eigenvalue weighted by molar-refractivity contribution is 0.708. The summed E-state index contributed by atoms with van der Waals surface area (Å²) in [6.45, 7) is 4.39. The van der Waals surface area contributed by atoms with Crippen LogP contribution in [0.5, 0.6) is 0 Å². The minimum absolute atomic E-state index is 1.07. The number of nitrogens with zero attached hydrogens (tertiary/aromatic N) is 1. The summed E-state index contributed by atoms with van der Waals surface area (Å²) >= 11 is 1.75. The van der Waals surface area contributed by atoms with Gasteiger partial charge in [-0.2, -0.15) is 0 Å². The standard InChI is InChI=1S/C12H14N2S/c1-8-9-2-5-13-6-3-11(9)14-12-10(8)4-7-15-12/h4,7,13H,2-3,5-6H2,1H3. The number of pyridine rings is 1. The second-order valence-corrected chi connectivity index (χ2v) is 4.95. The van der Waals surface area contributed by atoms with Crippen LogP contribution in [-0.4, -0.2) is 18.1 Å². The fraction of sp³-hybridized carbons (Fsp3) is 0.417. The minimum atomic E-state index is 1.07. The average Bonchev–Trinajstić information content (AvgIpc) is 2.56. The molecule has 0 amide bonds. The molecule has 3 heteroatoms. The summed E-state index contributed by atoms with van der Waals surface area (Å²) in [7, 11) is 0. The van der Waals surface area contributed by atoms with Crippen molar-refractivity contribution in [3.8, 4) is 0 Å². The summed E-state index contributed by atoms with van der Waals surface area (Å²) in [5.41, 5.74) is 4.23. The van der Waals surface area contributed by atoms with E-state index in [4.69, 9.17) is 4.98 Å². The topological polar surface area (TPSA) is 24.9 Å². The highest BCUT2D eigenvalue weighted by Crippen LogP contribution is 2.27. The minimum Gasteiger partial charge on any atom is -0.316 e. The maximum absolute atomic E-state index is 4.78. The summed E-state index contributed by atoms with van der Waals surface area (Å²) < 4.78 is 0. The summed E-state index contributed by atoms with van der Waals surface area (Å²) in [6, 6.07) is 2.20. The zero-order valence-electron chi connectivity index (χ0n) is 8.84. The van der Waals surface area contributed by atoms with E-state index < -0.39 is 0 Å². The number of hydrogen-bond donors (Lipinski definition) is 1. The van der Waals surface area contributed by atoms with E-state index in [9.17, 15) is 0 Å². The van der Waals surface area contributed by atoms with Crippen molar-refractivity contribution in [2.24, 2.45) is 0 Å². The first kappa shape index (κ1) is 9.31. The monoisotopic (exact) mass is 218 g/mol. The predicted molar refractivity (Wildman–Crippen MR) is 64.6 cm³/mol. The Labute approximate surface area is 93.3 Å². The number of aromatic nitrogens is 1. The number of aryl methyl sites for hydroxylation is 1. The van der Waals surface area contributed by atoms with Crippen molar-refractivity contribution in [2.45, 2.75) is 19.8 Å². The third-order valence-electron chi connectivity index (χ3n) is 3.18. The number of hydrogen-bond acceptors (Lipinski definition) is 3. The normalized spacial score (nSPS) is 16.3. The van der Waals surface area contributed by atoms with E-state index in [2.05, 4.69) is 23.7 Å². The van der Waals surface area contributed by atoms with Crippen molar-refractivity contribution < 1.29 is 0 Å². The van der Waals surface area contributed by atoms with E-state index in [0.29, 0.717) is 0 Å². The van der Waals surface area contributed by atoms with Gasteiger partial charge in [0.2, 0.25) is 0 Å². The van der Waals surface area contributed by atoms with Crippen LogP contribution in [0.25, 0.3) is 10.2 Å². The lowest BCUT2D eigenvalue weighted by atomic mass is 10.0. The Morgan fingerprint density at radius 1 is 1.33 bits per heavy atom. The van der Waals surface area contributed by atoms with Crippen molar-refractivity contribution in [3.05, 3.63) is 28.3 Å². The molecule has 1 N–H and O–H groups in total. The van der Waals surface area contributed by atoms with Gasteiger partial charge in [0.1, 0.15) is 4.83 Å². The number of thiophene rings is 1. The molecule has 0 unspecified atom stereocenters. The van der Waals surface area contributed by atoms with Crippen LogP contribution < -0.4 is 5.32 Å². The van der Waals surface area contributed by atoms with Crippen LogP contribution >= 0.6 is 11.3 Å². The molecule has 2 aromatic rings. The summed E-state index contributed by atoms with van der Waals surface area (Å²) in [4.78, 5) is 5.98. The summed E-state index contributed by atoms with van der Waals surface area (Å²) in [6.07, 6.45) is 2.20. The van der Waals surface area contributed by atoms with Crippen LogP contribution in [0.1, 0.15) is 16.8 Å². The van der Waals surface area contributed by atoms with E-state index in [1.54, 1.807) is 11.3 Å². The first-order chi connectivity index (χ1) is 7.36. The van der Waals surface area contributed by atoms with Gasteiger partial charge in [-0.3, -0.25) is 0 Å². The number of fused-ring (bicyclic) bond motifs is 2. The van der Waals surface area contributed by atoms with Gasteiger partial charge in [-0.1, -0.05) is 0 Å². The maximum Gasteiger partial charge on any atom is 0.123 e. The molecule has 0 bridgehead atoms. The van der Waals surface area contributed by atoms with Crippen LogP contribution in [0.2, 0.25) is 0 Å². The van der Waals surface area contributed by atoms with E-state index in [0.717, 1.165) is 25.9 Å². The molecule has 2 aromatic heterocycles. The third kappa shape index (κ3) is 1.46. The number of nitrogens with one attached hydrogen (secondary N) is 1. The Morgan fingerprint density at radius 2 is 2.20 bits per heavy atom. The largest absolute Gasteiger partial charge is 0.316 e. The van der Waals surface area contributed by atoms with Crippen LogP contribution in [0.3, 0.4) is 0 Å². The molecule has 0 saturated carbocycles. The highest BCUT2D eigenvalue weighted by atomic mass is 32.1. The lowest BCUT2D eigenvalue weighted by Gasteiger charge is -2.09. The van der Waals surface area contributed by atoms with E-state index >= 15 is 0 Å². The van der Waals surface area contributed by atoms with Gasteiger partial charge in [0.25, 0.3) is 0 Å². The first-order valence-electron chi connectivity index (χ1n) is 5.42. The third-order valence-corrected chi connectivity index (χ3v) is 3.98. The van der Waals surface area contributed by atoms with Gasteiger partial charge in [-0.15, -0.1) is 11.3 Å². The Morgan fingerprint density at radius 3 is 3.13 bits per heavy atom. The predicted octanol–water partition coefficient (Wildman–Crippen LogP) is 2.29. The van der Waals surface area contributed by atoms with Gasteiger partial charge in [0.15, 0.2) is 0 Å². The highest BCUT2D eigenvalue weighted by Gasteiger charge is 2.14. The van der Waals surface area contributed by atoms with Gasteiger partial charge in [-0.25, -0.2) is 4.98 Å². The molecule has 78 valence electrons. The molecule has 0 spiro atoms. The molecule has 0 aliphatic carbocycles. The Bertz CT molecular complexity index is 502. The first-order valence-corrected chi connectivity index (χ1v) is 6.30. The van der Waals surface area contributed by atoms with Crippen molar-refractivity contribution in [2.75, 3.05) is 13.1 Å². The molecule has 3 heterocycles. The molecule has 0 saturated heterocycles. The zero-order chi connectivity index (χ0) is 10.3. The van der Waals surface area contributed by atoms with Gasteiger partial charge < -0.3 is 5.32 Å². The van der Waals surface area contributed by atoms with Crippen molar-refractivity contribution in [1.82, 2.24) is 10.3 Å². The van der Waals surface area contributed by atoms with Crippen molar-refractivity contribution >= 4 is 21.6 Å². The molecule has 2 nitrogen and oxygen atoms in total. The van der Waals surface area contributed by atoms with Gasteiger partial charge in [0, 0.05) is 24.0 Å². The van der Waals surface area contributed by atoms with Gasteiger partial charge >= 0.3 is 0 Å². The number of rotatable bonds is 0. The molecule has 0 radical (unpaired) electrons. The second-order valence-electron chi connectivity index (χ2n) is 4.05. The van der Waals surface area contributed by atoms with Crippen molar-refractivity contribution in [3.63, 3.8) is 0 Å². The molecule has 1 aliphatic rings. The smallest absolute Gasteiger partial charge is 0.123 e. The summed E-state index contributed by atoms with van der Waals surface area (Å²) in [5, 5.41) is 6.92. The molecular formula is C12H14N2S. The quantitative estimate of drug-likeness (QED) is 0.734. The molecule has 15 heavy (non-hydrogen) atoms. The zero-order valence-corrected chi connectivity index (χ0v) is 9.66. The Balaban J connectivity index is 2.28. The van der Waals surface area contributed by atoms with Gasteiger partial charge in [-0.05, 0) is 42.5 Å². The molecule has 0 aromatic carbocycles.